The molecular formula is C24H17N3O2. The molecule has 0 N–H and O–H groups in total. The summed E-state index contributed by atoms with van der Waals surface area (Å²) in [5.41, 5.74) is 5.04. The van der Waals surface area contributed by atoms with Gasteiger partial charge in [-0.2, -0.15) is 0 Å². The maximum atomic E-state index is 5.53. The van der Waals surface area contributed by atoms with Crippen LogP contribution in [0.1, 0.15) is 0 Å². The van der Waals surface area contributed by atoms with Gasteiger partial charge in [0.05, 0.1) is 18.9 Å². The van der Waals surface area contributed by atoms with E-state index in [0.29, 0.717) is 5.82 Å². The quantitative estimate of drug-likeness (QED) is 0.405. The van der Waals surface area contributed by atoms with Crippen LogP contribution in [0, 0.1) is 0 Å². The summed E-state index contributed by atoms with van der Waals surface area (Å²) in [6, 6.07) is 23.5. The second-order valence-corrected chi connectivity index (χ2v) is 6.56. The van der Waals surface area contributed by atoms with Crippen molar-refractivity contribution in [2.45, 2.75) is 0 Å². The number of hydrogen-bond donors (Lipinski definition) is 0. The maximum Gasteiger partial charge on any atom is 0.160 e. The number of nitrogens with zero attached hydrogens (tertiary/aromatic N) is 3. The highest BCUT2D eigenvalue weighted by molar-refractivity contribution is 5.92. The summed E-state index contributed by atoms with van der Waals surface area (Å²) in [7, 11) is 1.65. The highest BCUT2D eigenvalue weighted by Crippen LogP contribution is 2.31. The third-order valence-electron chi connectivity index (χ3n) is 4.72. The summed E-state index contributed by atoms with van der Waals surface area (Å²) in [6.07, 6.45) is 3.44. The summed E-state index contributed by atoms with van der Waals surface area (Å²) in [5, 5.41) is 0. The van der Waals surface area contributed by atoms with Crippen LogP contribution in [0.5, 0.6) is 5.75 Å². The van der Waals surface area contributed by atoms with Crippen LogP contribution >= 0.6 is 0 Å². The Balaban J connectivity index is 1.77. The van der Waals surface area contributed by atoms with Gasteiger partial charge >= 0.3 is 0 Å². The zero-order valence-corrected chi connectivity index (χ0v) is 15.7. The minimum absolute atomic E-state index is 0.619. The molecule has 5 nitrogen and oxygen atoms in total. The molecule has 29 heavy (non-hydrogen) atoms. The lowest BCUT2D eigenvalue weighted by atomic mass is 10.1. The molecule has 0 fully saturated rings. The Morgan fingerprint density at radius 3 is 2.45 bits per heavy atom. The van der Waals surface area contributed by atoms with Crippen LogP contribution in [0.2, 0.25) is 0 Å². The van der Waals surface area contributed by atoms with Gasteiger partial charge in [0.1, 0.15) is 22.7 Å². The standard InChI is InChI=1S/C24H17N3O2/c1-28-19-10-5-9-17(13-19)24-26-20-14-18(21-11-6-12-29-21)15-25-23(20)22(27-24)16-7-3-2-4-8-16/h2-15H,1H3. The summed E-state index contributed by atoms with van der Waals surface area (Å²) in [6.45, 7) is 0. The third kappa shape index (κ3) is 3.23. The Bertz CT molecular complexity index is 1280. The number of hydrogen-bond acceptors (Lipinski definition) is 5. The number of rotatable bonds is 4. The molecule has 0 spiro atoms. The number of pyridine rings is 1. The number of fused-ring (bicyclic) bond motifs is 1. The fraction of sp³-hybridized carbons (Fsp3) is 0.0417. The molecule has 2 aromatic carbocycles. The van der Waals surface area contributed by atoms with Crippen molar-refractivity contribution in [1.82, 2.24) is 15.0 Å². The van der Waals surface area contributed by atoms with Gasteiger partial charge in [-0.1, -0.05) is 42.5 Å². The van der Waals surface area contributed by atoms with Crippen LogP contribution in [0.25, 0.3) is 45.0 Å². The highest BCUT2D eigenvalue weighted by atomic mass is 16.5. The molecule has 3 heterocycles. The predicted octanol–water partition coefficient (Wildman–Crippen LogP) is 5.63. The molecule has 5 heteroatoms. The van der Waals surface area contributed by atoms with Crippen LogP contribution in [-0.4, -0.2) is 22.1 Å². The Morgan fingerprint density at radius 1 is 0.793 bits per heavy atom. The zero-order chi connectivity index (χ0) is 19.6. The van der Waals surface area contributed by atoms with E-state index in [-0.39, 0.29) is 0 Å². The summed E-state index contributed by atoms with van der Waals surface area (Å²) < 4.78 is 10.9. The van der Waals surface area contributed by atoms with E-state index in [1.54, 1.807) is 19.6 Å². The van der Waals surface area contributed by atoms with Crippen LogP contribution in [-0.2, 0) is 0 Å². The summed E-state index contributed by atoms with van der Waals surface area (Å²) >= 11 is 0. The molecule has 5 rings (SSSR count). The summed E-state index contributed by atoms with van der Waals surface area (Å²) in [5.74, 6) is 2.13. The zero-order valence-electron chi connectivity index (χ0n) is 15.7. The van der Waals surface area contributed by atoms with Crippen molar-refractivity contribution in [3.8, 4) is 39.7 Å². The van der Waals surface area contributed by atoms with E-state index in [2.05, 4.69) is 4.98 Å². The molecule has 0 unspecified atom stereocenters. The first-order chi connectivity index (χ1) is 14.3. The topological polar surface area (TPSA) is 61.0 Å². The molecule has 0 saturated heterocycles. The van der Waals surface area contributed by atoms with Crippen molar-refractivity contribution in [3.05, 3.63) is 85.3 Å². The van der Waals surface area contributed by atoms with E-state index in [1.165, 1.54) is 0 Å². The molecule has 0 atom stereocenters. The number of methoxy groups -OCH3 is 1. The molecule has 0 radical (unpaired) electrons. The lowest BCUT2D eigenvalue weighted by Crippen LogP contribution is -1.97. The number of ether oxygens (including phenoxy) is 1. The minimum atomic E-state index is 0.619. The fourth-order valence-corrected chi connectivity index (χ4v) is 3.28. The predicted molar refractivity (Wildman–Crippen MR) is 112 cm³/mol. The van der Waals surface area contributed by atoms with Crippen molar-refractivity contribution in [2.24, 2.45) is 0 Å². The molecular weight excluding hydrogens is 362 g/mol. The van der Waals surface area contributed by atoms with Gasteiger partial charge in [0.15, 0.2) is 5.82 Å². The van der Waals surface area contributed by atoms with Gasteiger partial charge in [-0.25, -0.2) is 9.97 Å². The molecule has 0 aliphatic carbocycles. The molecule has 140 valence electrons. The monoisotopic (exact) mass is 379 g/mol. The van der Waals surface area contributed by atoms with Crippen molar-refractivity contribution in [1.29, 1.82) is 0 Å². The van der Waals surface area contributed by atoms with Crippen LogP contribution in [0.4, 0.5) is 0 Å². The first kappa shape index (κ1) is 17.1. The van der Waals surface area contributed by atoms with Gasteiger partial charge in [-0.3, -0.25) is 4.98 Å². The lowest BCUT2D eigenvalue weighted by Gasteiger charge is -2.10. The molecule has 0 saturated carbocycles. The van der Waals surface area contributed by atoms with Crippen molar-refractivity contribution < 1.29 is 9.15 Å². The molecule has 0 amide bonds. The van der Waals surface area contributed by atoms with Crippen LogP contribution in [0.15, 0.2) is 89.7 Å². The van der Waals surface area contributed by atoms with Gasteiger partial charge in [-0.15, -0.1) is 0 Å². The second-order valence-electron chi connectivity index (χ2n) is 6.56. The fourth-order valence-electron chi connectivity index (χ4n) is 3.28. The normalized spacial score (nSPS) is 10.9. The van der Waals surface area contributed by atoms with E-state index in [9.17, 15) is 0 Å². The SMILES string of the molecule is COc1cccc(-c2nc(-c3ccccc3)c3ncc(-c4ccco4)cc3n2)c1. The van der Waals surface area contributed by atoms with E-state index in [4.69, 9.17) is 19.1 Å². The first-order valence-electron chi connectivity index (χ1n) is 9.23. The average molecular weight is 379 g/mol. The Labute approximate surface area is 167 Å². The van der Waals surface area contributed by atoms with Gasteiger partial charge in [0, 0.05) is 22.9 Å². The van der Waals surface area contributed by atoms with Gasteiger partial charge in [0.25, 0.3) is 0 Å². The van der Waals surface area contributed by atoms with Crippen molar-refractivity contribution in [2.75, 3.05) is 7.11 Å². The number of furan rings is 1. The maximum absolute atomic E-state index is 5.53. The highest BCUT2D eigenvalue weighted by Gasteiger charge is 2.14. The van der Waals surface area contributed by atoms with Crippen LogP contribution in [0.3, 0.4) is 0 Å². The Hall–Kier alpha value is -3.99. The largest absolute Gasteiger partial charge is 0.497 e. The van der Waals surface area contributed by atoms with E-state index in [1.807, 2.05) is 72.8 Å². The second kappa shape index (κ2) is 7.20. The summed E-state index contributed by atoms with van der Waals surface area (Å²) in [4.78, 5) is 14.3. The molecule has 0 aliphatic rings. The molecule has 0 bridgehead atoms. The lowest BCUT2D eigenvalue weighted by molar-refractivity contribution is 0.415. The first-order valence-corrected chi connectivity index (χ1v) is 9.23. The third-order valence-corrected chi connectivity index (χ3v) is 4.72. The van der Waals surface area contributed by atoms with Gasteiger partial charge in [0.2, 0.25) is 0 Å². The number of benzene rings is 2. The van der Waals surface area contributed by atoms with E-state index in [0.717, 1.165) is 44.9 Å². The van der Waals surface area contributed by atoms with Gasteiger partial charge < -0.3 is 9.15 Å². The Kier molecular flexibility index (Phi) is 4.26. The molecule has 5 aromatic rings. The molecule has 3 aromatic heterocycles. The van der Waals surface area contributed by atoms with Gasteiger partial charge in [-0.05, 0) is 30.3 Å². The van der Waals surface area contributed by atoms with Crippen molar-refractivity contribution >= 4 is 11.0 Å². The average Bonchev–Trinajstić information content (AvgIpc) is 3.33. The Morgan fingerprint density at radius 2 is 1.66 bits per heavy atom. The van der Waals surface area contributed by atoms with Crippen molar-refractivity contribution in [3.63, 3.8) is 0 Å². The smallest absolute Gasteiger partial charge is 0.160 e. The van der Waals surface area contributed by atoms with Crippen LogP contribution < -0.4 is 4.74 Å². The van der Waals surface area contributed by atoms with E-state index >= 15 is 0 Å². The molecule has 0 aliphatic heterocycles. The number of aromatic nitrogens is 3. The van der Waals surface area contributed by atoms with E-state index < -0.39 is 0 Å². The minimum Gasteiger partial charge on any atom is -0.497 e.